The van der Waals surface area contributed by atoms with E-state index in [1.807, 2.05) is 0 Å². The third-order valence-corrected chi connectivity index (χ3v) is 1.52. The number of ether oxygens (including phenoxy) is 1. The van der Waals surface area contributed by atoms with Crippen molar-refractivity contribution in [3.05, 3.63) is 0 Å². The molecule has 0 aromatic carbocycles. The molecule has 0 spiro atoms. The van der Waals surface area contributed by atoms with E-state index in [1.165, 1.54) is 13.8 Å². The van der Waals surface area contributed by atoms with Crippen molar-refractivity contribution in [1.82, 2.24) is 0 Å². The molecular weight excluding hydrogens is 193 g/mol. The molecule has 0 heterocycles. The molecule has 0 saturated heterocycles. The Labute approximate surface area is 97.7 Å². The van der Waals surface area contributed by atoms with Crippen molar-refractivity contribution in [3.63, 3.8) is 0 Å². The van der Waals surface area contributed by atoms with Crippen LogP contribution in [0.1, 0.15) is 20.3 Å². The van der Waals surface area contributed by atoms with Crippen LogP contribution in [0.2, 0.25) is 0 Å². The van der Waals surface area contributed by atoms with Gasteiger partial charge in [0.1, 0.15) is 0 Å². The molecule has 0 N–H and O–H groups in total. The van der Waals surface area contributed by atoms with Gasteiger partial charge in [-0.2, -0.15) is 8.78 Å². The standard InChI is InChI=1S/C7H12F2O3.Na/c1-7(2,5(10)11)3-4-12-6(8)9;/h6H,3-4H2,1-2H3,(H,10,11);/q;+1/p-1. The number of hydrogen-bond acceptors (Lipinski definition) is 3. The molecule has 0 bridgehead atoms. The maximum Gasteiger partial charge on any atom is 1.00 e. The first kappa shape index (κ1) is 15.7. The first-order valence-electron chi connectivity index (χ1n) is 3.47. The quantitative estimate of drug-likeness (QED) is 0.461. The van der Waals surface area contributed by atoms with E-state index in [0.717, 1.165) is 0 Å². The molecule has 13 heavy (non-hydrogen) atoms. The van der Waals surface area contributed by atoms with Crippen molar-refractivity contribution >= 4 is 5.97 Å². The fraction of sp³-hybridized carbons (Fsp3) is 0.857. The molecule has 0 radical (unpaired) electrons. The van der Waals surface area contributed by atoms with Crippen LogP contribution >= 0.6 is 0 Å². The first-order chi connectivity index (χ1) is 5.36. The molecule has 0 fully saturated rings. The van der Waals surface area contributed by atoms with Crippen LogP contribution in [0.4, 0.5) is 8.78 Å². The molecule has 0 rings (SSSR count). The maximum absolute atomic E-state index is 11.4. The number of carboxylic acid groups (broad SMARTS) is 1. The van der Waals surface area contributed by atoms with E-state index in [2.05, 4.69) is 4.74 Å². The summed E-state index contributed by atoms with van der Waals surface area (Å²) in [5, 5.41) is 10.3. The number of halogens is 2. The van der Waals surface area contributed by atoms with E-state index < -0.39 is 18.0 Å². The van der Waals surface area contributed by atoms with Gasteiger partial charge in [-0.25, -0.2) is 0 Å². The third kappa shape index (κ3) is 7.37. The zero-order chi connectivity index (χ0) is 9.78. The Kier molecular flexibility index (Phi) is 8.12. The minimum Gasteiger partial charge on any atom is -0.550 e. The number of rotatable bonds is 5. The summed E-state index contributed by atoms with van der Waals surface area (Å²) in [7, 11) is 0. The van der Waals surface area contributed by atoms with Crippen LogP contribution in [0.15, 0.2) is 0 Å². The molecule has 0 aliphatic rings. The Balaban J connectivity index is 0. The molecule has 0 unspecified atom stereocenters. The largest absolute Gasteiger partial charge is 1.00 e. The second-order valence-electron chi connectivity index (χ2n) is 3.05. The van der Waals surface area contributed by atoms with E-state index in [0.29, 0.717) is 0 Å². The van der Waals surface area contributed by atoms with Crippen molar-refractivity contribution in [3.8, 4) is 0 Å². The average molecular weight is 204 g/mol. The van der Waals surface area contributed by atoms with Crippen LogP contribution in [-0.2, 0) is 9.53 Å². The predicted octanol–water partition coefficient (Wildman–Crippen LogP) is -2.60. The van der Waals surface area contributed by atoms with Crippen LogP contribution in [0.5, 0.6) is 0 Å². The first-order valence-corrected chi connectivity index (χ1v) is 3.47. The number of carbonyl (C=O) groups is 1. The van der Waals surface area contributed by atoms with E-state index >= 15 is 0 Å². The minimum atomic E-state index is -2.84. The average Bonchev–Trinajstić information content (AvgIpc) is 1.85. The monoisotopic (exact) mass is 204 g/mol. The molecule has 0 amide bonds. The van der Waals surface area contributed by atoms with Gasteiger partial charge in [-0.1, -0.05) is 13.8 Å². The predicted molar refractivity (Wildman–Crippen MR) is 35.4 cm³/mol. The van der Waals surface area contributed by atoms with Gasteiger partial charge < -0.3 is 14.6 Å². The van der Waals surface area contributed by atoms with E-state index in [-0.39, 0.29) is 42.6 Å². The molecule has 0 atom stereocenters. The summed E-state index contributed by atoms with van der Waals surface area (Å²) in [6, 6.07) is 0. The minimum absolute atomic E-state index is 0. The smallest absolute Gasteiger partial charge is 0.550 e. The summed E-state index contributed by atoms with van der Waals surface area (Å²) >= 11 is 0. The Morgan fingerprint density at radius 1 is 1.54 bits per heavy atom. The van der Waals surface area contributed by atoms with Gasteiger partial charge in [0.15, 0.2) is 0 Å². The molecule has 0 aliphatic heterocycles. The number of alkyl halides is 2. The van der Waals surface area contributed by atoms with E-state index in [4.69, 9.17) is 0 Å². The number of hydrogen-bond donors (Lipinski definition) is 0. The summed E-state index contributed by atoms with van der Waals surface area (Å²) in [5.41, 5.74) is -1.12. The second kappa shape index (κ2) is 6.70. The van der Waals surface area contributed by atoms with E-state index in [1.54, 1.807) is 0 Å². The Morgan fingerprint density at radius 3 is 2.31 bits per heavy atom. The molecular formula is C7H11F2NaO3. The van der Waals surface area contributed by atoms with Crippen molar-refractivity contribution in [2.45, 2.75) is 26.9 Å². The van der Waals surface area contributed by atoms with Crippen molar-refractivity contribution in [2.24, 2.45) is 5.41 Å². The zero-order valence-corrected chi connectivity index (χ0v) is 9.97. The number of aliphatic carboxylic acids is 1. The molecule has 0 aromatic rings. The molecule has 72 valence electrons. The Bertz CT molecular complexity index is 162. The molecule has 0 saturated carbocycles. The van der Waals surface area contributed by atoms with Crippen molar-refractivity contribution in [1.29, 1.82) is 0 Å². The van der Waals surface area contributed by atoms with Crippen LogP contribution < -0.4 is 34.7 Å². The van der Waals surface area contributed by atoms with Gasteiger partial charge in [-0.05, 0) is 6.42 Å². The zero-order valence-electron chi connectivity index (χ0n) is 7.97. The number of carbonyl (C=O) groups excluding carboxylic acids is 1. The maximum atomic E-state index is 11.4. The van der Waals surface area contributed by atoms with Crippen LogP contribution in [0.3, 0.4) is 0 Å². The van der Waals surface area contributed by atoms with Gasteiger partial charge in [-0.3, -0.25) is 0 Å². The second-order valence-corrected chi connectivity index (χ2v) is 3.05. The van der Waals surface area contributed by atoms with Gasteiger partial charge >= 0.3 is 36.2 Å². The summed E-state index contributed by atoms with van der Waals surface area (Å²) in [6.45, 7) is -0.324. The Morgan fingerprint density at radius 2 is 2.00 bits per heavy atom. The normalized spacial score (nSPS) is 11.2. The van der Waals surface area contributed by atoms with E-state index in [9.17, 15) is 18.7 Å². The molecule has 6 heteroatoms. The summed E-state index contributed by atoms with van der Waals surface area (Å²) in [5.74, 6) is -1.26. The van der Waals surface area contributed by atoms with Crippen molar-refractivity contribution < 1.29 is 53.0 Å². The number of carboxylic acids is 1. The summed E-state index contributed by atoms with van der Waals surface area (Å²) in [6.07, 6.45) is 0.0136. The summed E-state index contributed by atoms with van der Waals surface area (Å²) < 4.78 is 26.8. The SMILES string of the molecule is CC(C)(CCOC(F)F)C(=O)[O-].[Na+]. The summed E-state index contributed by atoms with van der Waals surface area (Å²) in [4.78, 5) is 10.3. The molecule has 3 nitrogen and oxygen atoms in total. The Hall–Kier alpha value is 0.290. The van der Waals surface area contributed by atoms with Gasteiger partial charge in [-0.15, -0.1) is 0 Å². The van der Waals surface area contributed by atoms with Crippen LogP contribution in [0, 0.1) is 5.41 Å². The van der Waals surface area contributed by atoms with Gasteiger partial charge in [0.25, 0.3) is 0 Å². The van der Waals surface area contributed by atoms with Crippen molar-refractivity contribution in [2.75, 3.05) is 6.61 Å². The van der Waals surface area contributed by atoms with Gasteiger partial charge in [0, 0.05) is 11.4 Å². The fourth-order valence-electron chi connectivity index (χ4n) is 0.505. The third-order valence-electron chi connectivity index (χ3n) is 1.52. The van der Waals surface area contributed by atoms with Crippen LogP contribution in [-0.4, -0.2) is 19.2 Å². The molecule has 0 aliphatic carbocycles. The topological polar surface area (TPSA) is 49.4 Å². The van der Waals surface area contributed by atoms with Gasteiger partial charge in [0.05, 0.1) is 6.61 Å². The van der Waals surface area contributed by atoms with Crippen LogP contribution in [0.25, 0.3) is 0 Å². The molecule has 0 aromatic heterocycles. The fourth-order valence-corrected chi connectivity index (χ4v) is 0.505. The van der Waals surface area contributed by atoms with Gasteiger partial charge in [0.2, 0.25) is 0 Å².